The van der Waals surface area contributed by atoms with Crippen molar-refractivity contribution in [1.82, 2.24) is 0 Å². The van der Waals surface area contributed by atoms with Gasteiger partial charge in [-0.15, -0.1) is 0 Å². The van der Waals surface area contributed by atoms with Gasteiger partial charge in [0.05, 0.1) is 4.90 Å². The van der Waals surface area contributed by atoms with Crippen LogP contribution in [0.15, 0.2) is 89.8 Å². The number of rotatable bonds is 4. The first-order chi connectivity index (χ1) is 12.4. The molecule has 3 aromatic carbocycles. The molecule has 0 aliphatic carbocycles. The first kappa shape index (κ1) is 21.0. The van der Waals surface area contributed by atoms with Crippen LogP contribution < -0.4 is 3.61 Å². The average molecular weight is 502 g/mol. The topological polar surface area (TPSA) is 57.2 Å². The van der Waals surface area contributed by atoms with E-state index in [9.17, 15) is 13.0 Å². The van der Waals surface area contributed by atoms with Crippen LogP contribution in [-0.4, -0.2) is 32.5 Å². The normalized spacial score (nSPS) is 10.9. The molecule has 0 saturated heterocycles. The Morgan fingerprint density at radius 1 is 0.846 bits per heavy atom. The summed E-state index contributed by atoms with van der Waals surface area (Å²) < 4.78 is 33.9. The van der Waals surface area contributed by atoms with Crippen LogP contribution in [0.3, 0.4) is 0 Å². The molecule has 136 valence electrons. The quantitative estimate of drug-likeness (QED) is 0.400. The Morgan fingerprint density at radius 3 is 1.85 bits per heavy atom. The van der Waals surface area contributed by atoms with Crippen LogP contribution in [0.5, 0.6) is 0 Å². The van der Waals surface area contributed by atoms with Crippen molar-refractivity contribution in [1.29, 1.82) is 0 Å². The van der Waals surface area contributed by atoms with Gasteiger partial charge in [0.1, 0.15) is 10.1 Å². The Labute approximate surface area is 167 Å². The fraction of sp³-hybridized carbons (Fsp3) is 0.100. The maximum atomic E-state index is 10.3. The maximum Gasteiger partial charge on any atom is 0.124 e. The van der Waals surface area contributed by atoms with Crippen molar-refractivity contribution in [3.8, 4) is 0 Å². The van der Waals surface area contributed by atoms with E-state index >= 15 is 0 Å². The zero-order valence-corrected chi connectivity index (χ0v) is 18.1. The Bertz CT molecular complexity index is 899. The Morgan fingerprint density at radius 2 is 1.35 bits per heavy atom. The average Bonchev–Trinajstić information content (AvgIpc) is 2.63. The van der Waals surface area contributed by atoms with E-state index in [0.29, 0.717) is 5.02 Å². The third-order valence-corrected chi connectivity index (χ3v) is 9.84. The standard InChI is InChI=1S/C14H15Te.C6H5ClO3S/c1-15(14-10-6-3-7-11-14)12-13-8-4-2-5-9-13;7-5-1-3-6(4-2-5)11(8,9)10/h2-11H,12H2,1H3;1-4H,(H,8,9,10)/q+1;/p-1. The van der Waals surface area contributed by atoms with Gasteiger partial charge >= 0.3 is 98.8 Å². The molecule has 3 rings (SSSR count). The third-order valence-electron chi connectivity index (χ3n) is 3.47. The van der Waals surface area contributed by atoms with Gasteiger partial charge in [0.25, 0.3) is 0 Å². The molecule has 0 amide bonds. The molecule has 0 fully saturated rings. The van der Waals surface area contributed by atoms with E-state index in [0.717, 1.165) is 0 Å². The minimum absolute atomic E-state index is 0.262. The van der Waals surface area contributed by atoms with Crippen LogP contribution >= 0.6 is 11.6 Å². The van der Waals surface area contributed by atoms with Crippen molar-refractivity contribution in [2.45, 2.75) is 14.3 Å². The van der Waals surface area contributed by atoms with E-state index in [1.165, 1.54) is 34.3 Å². The summed E-state index contributed by atoms with van der Waals surface area (Å²) >= 11 is 4.37. The van der Waals surface area contributed by atoms with Crippen molar-refractivity contribution >= 4 is 44.9 Å². The molecule has 6 heteroatoms. The fourth-order valence-electron chi connectivity index (χ4n) is 2.16. The van der Waals surface area contributed by atoms with E-state index in [1.807, 2.05) is 0 Å². The molecule has 26 heavy (non-hydrogen) atoms. The third kappa shape index (κ3) is 7.11. The second kappa shape index (κ2) is 10.1. The van der Waals surface area contributed by atoms with Gasteiger partial charge in [-0.25, -0.2) is 8.42 Å². The second-order valence-electron chi connectivity index (χ2n) is 5.49. The summed E-state index contributed by atoms with van der Waals surface area (Å²) in [5, 5.41) is 0.400. The number of hydrogen-bond acceptors (Lipinski definition) is 3. The van der Waals surface area contributed by atoms with Crippen molar-refractivity contribution in [3.63, 3.8) is 0 Å². The Balaban J connectivity index is 0.000000197. The number of benzene rings is 3. The smallest absolute Gasteiger partial charge is 0.124 e. The van der Waals surface area contributed by atoms with Gasteiger partial charge in [0.15, 0.2) is 0 Å². The zero-order chi connectivity index (χ0) is 19.0. The van der Waals surface area contributed by atoms with Crippen molar-refractivity contribution in [3.05, 3.63) is 95.5 Å². The van der Waals surface area contributed by atoms with E-state index < -0.39 is 29.7 Å². The molecule has 0 radical (unpaired) electrons. The van der Waals surface area contributed by atoms with E-state index in [4.69, 9.17) is 11.6 Å². The molecule has 0 spiro atoms. The SMILES string of the molecule is C[Te+](Cc1ccccc1)c1ccccc1.O=S(=O)([O-])c1ccc(Cl)cc1. The van der Waals surface area contributed by atoms with E-state index in [2.05, 4.69) is 65.6 Å². The molecular formula is C20H19ClO3STe. The van der Waals surface area contributed by atoms with Crippen LogP contribution in [-0.2, 0) is 14.6 Å². The van der Waals surface area contributed by atoms with Crippen LogP contribution in [0.25, 0.3) is 0 Å². The van der Waals surface area contributed by atoms with Crippen molar-refractivity contribution < 1.29 is 13.0 Å². The van der Waals surface area contributed by atoms with Crippen molar-refractivity contribution in [2.75, 3.05) is 0 Å². The predicted octanol–water partition coefficient (Wildman–Crippen LogP) is 4.04. The van der Waals surface area contributed by atoms with E-state index in [-0.39, 0.29) is 4.90 Å². The zero-order valence-electron chi connectivity index (χ0n) is 14.2. The largest absolute Gasteiger partial charge is 0.744 e. The van der Waals surface area contributed by atoms with Gasteiger partial charge < -0.3 is 4.55 Å². The summed E-state index contributed by atoms with van der Waals surface area (Å²) in [6, 6.07) is 26.8. The van der Waals surface area contributed by atoms with Gasteiger partial charge in [-0.1, -0.05) is 11.6 Å². The first-order valence-electron chi connectivity index (χ1n) is 7.79. The van der Waals surface area contributed by atoms with Crippen molar-refractivity contribution in [2.24, 2.45) is 0 Å². The fourth-order valence-corrected chi connectivity index (χ4v) is 6.98. The number of hydrogen-bond donors (Lipinski definition) is 0. The van der Waals surface area contributed by atoms with E-state index in [1.54, 1.807) is 3.61 Å². The maximum absolute atomic E-state index is 10.3. The first-order valence-corrected chi connectivity index (χ1v) is 14.7. The van der Waals surface area contributed by atoms with Crippen LogP contribution in [0.2, 0.25) is 9.99 Å². The van der Waals surface area contributed by atoms with Gasteiger partial charge in [0, 0.05) is 5.02 Å². The molecule has 0 atom stereocenters. The second-order valence-corrected chi connectivity index (χ2v) is 13.1. The van der Waals surface area contributed by atoms with Gasteiger partial charge in [-0.05, 0) is 24.3 Å². The molecule has 0 bridgehead atoms. The Kier molecular flexibility index (Phi) is 8.14. The molecule has 0 heterocycles. The molecule has 0 aliphatic rings. The summed E-state index contributed by atoms with van der Waals surface area (Å²) in [5.41, 5.74) is 1.49. The molecule has 0 aliphatic heterocycles. The molecule has 3 nitrogen and oxygen atoms in total. The molecule has 0 N–H and O–H groups in total. The Hall–Kier alpha value is -1.35. The minimum Gasteiger partial charge on any atom is -0.744 e. The summed E-state index contributed by atoms with van der Waals surface area (Å²) in [6.45, 7) is 0. The predicted molar refractivity (Wildman–Crippen MR) is 107 cm³/mol. The summed E-state index contributed by atoms with van der Waals surface area (Å²) in [5.74, 6) is 0. The van der Waals surface area contributed by atoms with Crippen LogP contribution in [0, 0.1) is 0 Å². The van der Waals surface area contributed by atoms with Crippen LogP contribution in [0.1, 0.15) is 5.56 Å². The molecule has 0 aromatic heterocycles. The minimum atomic E-state index is -4.33. The summed E-state index contributed by atoms with van der Waals surface area (Å²) in [7, 11) is -4.33. The van der Waals surface area contributed by atoms with Gasteiger partial charge in [-0.3, -0.25) is 0 Å². The monoisotopic (exact) mass is 504 g/mol. The van der Waals surface area contributed by atoms with Crippen LogP contribution in [0.4, 0.5) is 0 Å². The summed E-state index contributed by atoms with van der Waals surface area (Å²) in [6.07, 6.45) is 0. The number of halogens is 1. The molecule has 3 aromatic rings. The summed E-state index contributed by atoms with van der Waals surface area (Å²) in [4.78, 5) is 2.19. The van der Waals surface area contributed by atoms with Gasteiger partial charge in [-0.2, -0.15) is 0 Å². The molecule has 0 saturated carbocycles. The van der Waals surface area contributed by atoms with Gasteiger partial charge in [0.2, 0.25) is 0 Å². The molecular weight excluding hydrogens is 483 g/mol. The molecule has 0 unspecified atom stereocenters.